The lowest BCUT2D eigenvalue weighted by molar-refractivity contribution is 0.0982. The number of piperazine rings is 1. The van der Waals surface area contributed by atoms with Crippen molar-refractivity contribution in [3.05, 3.63) is 35.9 Å². The van der Waals surface area contributed by atoms with Crippen molar-refractivity contribution in [2.75, 3.05) is 26.2 Å². The number of nitrogens with zero attached hydrogens (tertiary/aromatic N) is 1. The fourth-order valence-corrected chi connectivity index (χ4v) is 4.11. The molecule has 1 aliphatic carbocycles. The smallest absolute Gasteiger partial charge is 0.0309 e. The van der Waals surface area contributed by atoms with Crippen LogP contribution in [0, 0.1) is 0 Å². The van der Waals surface area contributed by atoms with Gasteiger partial charge in [0.1, 0.15) is 0 Å². The first-order chi connectivity index (χ1) is 10.4. The first kappa shape index (κ1) is 15.1. The quantitative estimate of drug-likeness (QED) is 0.832. The Morgan fingerprint density at radius 1 is 1.00 bits per heavy atom. The fourth-order valence-electron chi connectivity index (χ4n) is 4.11. The molecule has 1 saturated carbocycles. The van der Waals surface area contributed by atoms with Gasteiger partial charge in [0.15, 0.2) is 0 Å². The molecule has 21 heavy (non-hydrogen) atoms. The van der Waals surface area contributed by atoms with Crippen LogP contribution in [0.1, 0.15) is 50.5 Å². The maximum absolute atomic E-state index is 3.84. The van der Waals surface area contributed by atoms with E-state index in [1.807, 2.05) is 0 Å². The van der Waals surface area contributed by atoms with Crippen LogP contribution in [0.15, 0.2) is 30.3 Å². The van der Waals surface area contributed by atoms with E-state index in [1.54, 1.807) is 0 Å². The summed E-state index contributed by atoms with van der Waals surface area (Å²) in [7, 11) is 0. The molecule has 2 fully saturated rings. The molecule has 0 unspecified atom stereocenters. The largest absolute Gasteiger partial charge is 0.309 e. The molecule has 1 heterocycles. The van der Waals surface area contributed by atoms with Crippen molar-refractivity contribution in [3.8, 4) is 0 Å². The normalized spacial score (nSPS) is 22.5. The number of nitrogens with one attached hydrogen (secondary N) is 1. The molecule has 1 spiro atoms. The lowest BCUT2D eigenvalue weighted by Gasteiger charge is -2.46. The highest BCUT2D eigenvalue weighted by molar-refractivity contribution is 5.14. The van der Waals surface area contributed by atoms with Crippen molar-refractivity contribution in [1.29, 1.82) is 0 Å². The van der Waals surface area contributed by atoms with Crippen LogP contribution >= 0.6 is 0 Å². The van der Waals surface area contributed by atoms with E-state index >= 15 is 0 Å². The summed E-state index contributed by atoms with van der Waals surface area (Å²) in [4.78, 5) is 2.72. The second-order valence-corrected chi connectivity index (χ2v) is 6.99. The van der Waals surface area contributed by atoms with Gasteiger partial charge >= 0.3 is 0 Å². The van der Waals surface area contributed by atoms with Crippen molar-refractivity contribution in [2.24, 2.45) is 0 Å². The van der Waals surface area contributed by atoms with E-state index < -0.39 is 0 Å². The van der Waals surface area contributed by atoms with Gasteiger partial charge in [-0.05, 0) is 44.2 Å². The van der Waals surface area contributed by atoms with E-state index in [2.05, 4.69) is 40.5 Å². The van der Waals surface area contributed by atoms with Crippen molar-refractivity contribution in [2.45, 2.75) is 56.9 Å². The second kappa shape index (κ2) is 7.42. The number of unbranched alkanes of at least 4 members (excludes halogenated alkanes) is 1. The maximum Gasteiger partial charge on any atom is 0.0309 e. The minimum Gasteiger partial charge on any atom is -0.309 e. The van der Waals surface area contributed by atoms with Gasteiger partial charge in [0.05, 0.1) is 0 Å². The number of hydrogen-bond acceptors (Lipinski definition) is 2. The molecule has 2 heteroatoms. The Labute approximate surface area is 129 Å². The van der Waals surface area contributed by atoms with Crippen LogP contribution in [-0.4, -0.2) is 36.6 Å². The molecule has 0 bridgehead atoms. The third kappa shape index (κ3) is 4.31. The summed E-state index contributed by atoms with van der Waals surface area (Å²) in [5.41, 5.74) is 1.96. The van der Waals surface area contributed by atoms with Crippen molar-refractivity contribution in [3.63, 3.8) is 0 Å². The Hall–Kier alpha value is -0.860. The zero-order valence-electron chi connectivity index (χ0n) is 13.3. The molecule has 3 rings (SSSR count). The summed E-state index contributed by atoms with van der Waals surface area (Å²) in [5.74, 6) is 0. The monoisotopic (exact) mass is 286 g/mol. The summed E-state index contributed by atoms with van der Waals surface area (Å²) in [5, 5.41) is 3.84. The zero-order chi connectivity index (χ0) is 14.4. The Kier molecular flexibility index (Phi) is 5.32. The predicted molar refractivity (Wildman–Crippen MR) is 89.6 cm³/mol. The van der Waals surface area contributed by atoms with E-state index in [1.165, 1.54) is 83.1 Å². The highest BCUT2D eigenvalue weighted by Gasteiger charge is 2.35. The summed E-state index contributed by atoms with van der Waals surface area (Å²) in [6.45, 7) is 5.01. The highest BCUT2D eigenvalue weighted by atomic mass is 15.2. The van der Waals surface area contributed by atoms with Crippen molar-refractivity contribution < 1.29 is 0 Å². The standard InChI is InChI=1S/C19H30N2/c1-3-9-18(10-4-1)11-5-8-15-21-16-14-20-19(17-21)12-6-2-7-13-19/h1,3-4,9-10,20H,2,5-8,11-17H2. The second-order valence-electron chi connectivity index (χ2n) is 6.99. The molecule has 1 aromatic rings. The summed E-state index contributed by atoms with van der Waals surface area (Å²) < 4.78 is 0. The van der Waals surface area contributed by atoms with Gasteiger partial charge in [0, 0.05) is 25.2 Å². The van der Waals surface area contributed by atoms with Gasteiger partial charge in [-0.2, -0.15) is 0 Å². The van der Waals surface area contributed by atoms with Gasteiger partial charge in [-0.15, -0.1) is 0 Å². The molecule has 116 valence electrons. The van der Waals surface area contributed by atoms with E-state index in [4.69, 9.17) is 0 Å². The lowest BCUT2D eigenvalue weighted by Crippen LogP contribution is -2.61. The Bertz CT molecular complexity index is 403. The summed E-state index contributed by atoms with van der Waals surface area (Å²) in [6.07, 6.45) is 11.0. The molecule has 0 amide bonds. The number of rotatable bonds is 5. The number of aryl methyl sites for hydroxylation is 1. The number of hydrogen-bond donors (Lipinski definition) is 1. The first-order valence-electron chi connectivity index (χ1n) is 8.88. The predicted octanol–water partition coefficient (Wildman–Crippen LogP) is 3.62. The topological polar surface area (TPSA) is 15.3 Å². The van der Waals surface area contributed by atoms with Crippen LogP contribution in [0.2, 0.25) is 0 Å². The van der Waals surface area contributed by atoms with E-state index in [-0.39, 0.29) is 0 Å². The van der Waals surface area contributed by atoms with Crippen LogP contribution in [-0.2, 0) is 6.42 Å². The van der Waals surface area contributed by atoms with Gasteiger partial charge in [-0.3, -0.25) is 0 Å². The molecular formula is C19H30N2. The molecular weight excluding hydrogens is 256 g/mol. The van der Waals surface area contributed by atoms with Crippen LogP contribution in [0.25, 0.3) is 0 Å². The molecule has 0 atom stereocenters. The molecule has 0 radical (unpaired) electrons. The minimum atomic E-state index is 0.468. The van der Waals surface area contributed by atoms with Crippen LogP contribution in [0.4, 0.5) is 0 Å². The Morgan fingerprint density at radius 3 is 2.62 bits per heavy atom. The molecule has 2 nitrogen and oxygen atoms in total. The molecule has 1 aromatic carbocycles. The molecule has 1 saturated heterocycles. The van der Waals surface area contributed by atoms with E-state index in [0.29, 0.717) is 5.54 Å². The fraction of sp³-hybridized carbons (Fsp3) is 0.684. The van der Waals surface area contributed by atoms with Gasteiger partial charge in [-0.1, -0.05) is 49.6 Å². The first-order valence-corrected chi connectivity index (χ1v) is 8.88. The van der Waals surface area contributed by atoms with Crippen molar-refractivity contribution in [1.82, 2.24) is 10.2 Å². The third-order valence-electron chi connectivity index (χ3n) is 5.30. The minimum absolute atomic E-state index is 0.468. The Morgan fingerprint density at radius 2 is 1.81 bits per heavy atom. The number of benzene rings is 1. The SMILES string of the molecule is c1ccc(CCCCN2CCNC3(CCCCC3)C2)cc1. The molecule has 1 aliphatic heterocycles. The Balaban J connectivity index is 1.39. The summed E-state index contributed by atoms with van der Waals surface area (Å²) in [6, 6.07) is 10.9. The van der Waals surface area contributed by atoms with Crippen molar-refractivity contribution >= 4 is 0 Å². The van der Waals surface area contributed by atoms with E-state index in [0.717, 1.165) is 0 Å². The average molecular weight is 286 g/mol. The van der Waals surface area contributed by atoms with Crippen LogP contribution in [0.3, 0.4) is 0 Å². The van der Waals surface area contributed by atoms with Crippen LogP contribution < -0.4 is 5.32 Å². The molecule has 1 N–H and O–H groups in total. The third-order valence-corrected chi connectivity index (χ3v) is 5.30. The van der Waals surface area contributed by atoms with Crippen LogP contribution in [0.5, 0.6) is 0 Å². The lowest BCUT2D eigenvalue weighted by atomic mass is 9.80. The maximum atomic E-state index is 3.84. The zero-order valence-corrected chi connectivity index (χ0v) is 13.3. The average Bonchev–Trinajstić information content (AvgIpc) is 2.54. The van der Waals surface area contributed by atoms with Gasteiger partial charge < -0.3 is 10.2 Å². The molecule has 2 aliphatic rings. The van der Waals surface area contributed by atoms with E-state index in [9.17, 15) is 0 Å². The van der Waals surface area contributed by atoms with Gasteiger partial charge in [0.2, 0.25) is 0 Å². The van der Waals surface area contributed by atoms with Gasteiger partial charge in [0.25, 0.3) is 0 Å². The molecule has 0 aromatic heterocycles. The van der Waals surface area contributed by atoms with Gasteiger partial charge in [-0.25, -0.2) is 0 Å². The summed E-state index contributed by atoms with van der Waals surface area (Å²) >= 11 is 0. The highest BCUT2D eigenvalue weighted by Crippen LogP contribution is 2.30.